The van der Waals surface area contributed by atoms with Crippen LogP contribution in [0.25, 0.3) is 0 Å². The maximum Gasteiger partial charge on any atom is 0.0990 e. The fourth-order valence-corrected chi connectivity index (χ4v) is 3.04. The molecular weight excluding hydrogens is 210 g/mol. The summed E-state index contributed by atoms with van der Waals surface area (Å²) in [6, 6.07) is 0. The average Bonchev–Trinajstić information content (AvgIpc) is 2.29. The van der Waals surface area contributed by atoms with Crippen LogP contribution in [-0.4, -0.2) is 48.9 Å². The lowest BCUT2D eigenvalue weighted by Gasteiger charge is -2.37. The second-order valence-electron chi connectivity index (χ2n) is 5.72. The van der Waals surface area contributed by atoms with Crippen LogP contribution in [0.4, 0.5) is 0 Å². The number of rotatable bonds is 1. The first kappa shape index (κ1) is 12.9. The Morgan fingerprint density at radius 3 is 2.00 bits per heavy atom. The van der Waals surface area contributed by atoms with Crippen LogP contribution in [0.1, 0.15) is 44.9 Å². The SMILES string of the molecule is CN1CCN(C(=N)C2CCCCCCC2)CC1. The summed E-state index contributed by atoms with van der Waals surface area (Å²) in [6.45, 7) is 4.36. The highest BCUT2D eigenvalue weighted by molar-refractivity contribution is 5.81. The van der Waals surface area contributed by atoms with E-state index in [9.17, 15) is 0 Å². The highest BCUT2D eigenvalue weighted by Gasteiger charge is 2.23. The number of nitrogens with zero attached hydrogens (tertiary/aromatic N) is 2. The zero-order chi connectivity index (χ0) is 12.1. The van der Waals surface area contributed by atoms with E-state index in [1.807, 2.05) is 0 Å². The van der Waals surface area contributed by atoms with Gasteiger partial charge in [-0.1, -0.05) is 32.1 Å². The molecule has 1 saturated heterocycles. The van der Waals surface area contributed by atoms with Crippen LogP contribution >= 0.6 is 0 Å². The summed E-state index contributed by atoms with van der Waals surface area (Å²) in [7, 11) is 2.18. The predicted molar refractivity (Wildman–Crippen MR) is 72.6 cm³/mol. The van der Waals surface area contributed by atoms with Gasteiger partial charge in [0.1, 0.15) is 0 Å². The highest BCUT2D eigenvalue weighted by atomic mass is 15.3. The molecule has 0 spiro atoms. The van der Waals surface area contributed by atoms with E-state index in [0.29, 0.717) is 5.92 Å². The van der Waals surface area contributed by atoms with Gasteiger partial charge >= 0.3 is 0 Å². The Hall–Kier alpha value is -0.570. The van der Waals surface area contributed by atoms with Crippen molar-refractivity contribution in [3.05, 3.63) is 0 Å². The molecule has 0 radical (unpaired) electrons. The quantitative estimate of drug-likeness (QED) is 0.561. The minimum atomic E-state index is 0.554. The van der Waals surface area contributed by atoms with Crippen molar-refractivity contribution < 1.29 is 0 Å². The average molecular weight is 237 g/mol. The van der Waals surface area contributed by atoms with E-state index in [1.165, 1.54) is 44.9 Å². The van der Waals surface area contributed by atoms with Gasteiger partial charge in [-0.3, -0.25) is 5.41 Å². The molecule has 0 bridgehead atoms. The second kappa shape index (κ2) is 6.39. The molecule has 1 aliphatic heterocycles. The van der Waals surface area contributed by atoms with Crippen molar-refractivity contribution in [3.63, 3.8) is 0 Å². The van der Waals surface area contributed by atoms with E-state index in [4.69, 9.17) is 5.41 Å². The van der Waals surface area contributed by atoms with Gasteiger partial charge in [-0.05, 0) is 19.9 Å². The second-order valence-corrected chi connectivity index (χ2v) is 5.72. The molecule has 0 atom stereocenters. The molecule has 98 valence electrons. The highest BCUT2D eigenvalue weighted by Crippen LogP contribution is 2.24. The minimum absolute atomic E-state index is 0.554. The van der Waals surface area contributed by atoms with Crippen LogP contribution < -0.4 is 0 Å². The number of hydrogen-bond donors (Lipinski definition) is 1. The molecule has 1 saturated carbocycles. The lowest BCUT2D eigenvalue weighted by molar-refractivity contribution is 0.206. The first-order valence-corrected chi connectivity index (χ1v) is 7.29. The Morgan fingerprint density at radius 2 is 1.41 bits per heavy atom. The van der Waals surface area contributed by atoms with Gasteiger partial charge in [-0.2, -0.15) is 0 Å². The van der Waals surface area contributed by atoms with Crippen LogP contribution in [0.15, 0.2) is 0 Å². The zero-order valence-electron chi connectivity index (χ0n) is 11.2. The summed E-state index contributed by atoms with van der Waals surface area (Å²) in [5.41, 5.74) is 0. The monoisotopic (exact) mass is 237 g/mol. The van der Waals surface area contributed by atoms with Crippen molar-refractivity contribution in [1.82, 2.24) is 9.80 Å². The van der Waals surface area contributed by atoms with Crippen molar-refractivity contribution >= 4 is 5.84 Å². The number of amidine groups is 1. The minimum Gasteiger partial charge on any atom is -0.358 e. The largest absolute Gasteiger partial charge is 0.358 e. The fourth-order valence-electron chi connectivity index (χ4n) is 3.04. The van der Waals surface area contributed by atoms with E-state index >= 15 is 0 Å². The molecular formula is C14H27N3. The summed E-state index contributed by atoms with van der Waals surface area (Å²) < 4.78 is 0. The third kappa shape index (κ3) is 3.70. The lowest BCUT2D eigenvalue weighted by atomic mass is 9.89. The summed E-state index contributed by atoms with van der Waals surface area (Å²) >= 11 is 0. The Labute approximate surface area is 106 Å². The van der Waals surface area contributed by atoms with Crippen molar-refractivity contribution in [2.75, 3.05) is 33.2 Å². The number of piperazine rings is 1. The van der Waals surface area contributed by atoms with Crippen LogP contribution in [0.5, 0.6) is 0 Å². The summed E-state index contributed by atoms with van der Waals surface area (Å²) in [6.07, 6.45) is 9.35. The van der Waals surface area contributed by atoms with E-state index in [1.54, 1.807) is 0 Å². The van der Waals surface area contributed by atoms with Crippen molar-refractivity contribution in [1.29, 1.82) is 5.41 Å². The molecule has 0 aromatic rings. The van der Waals surface area contributed by atoms with Crippen LogP contribution in [0.2, 0.25) is 0 Å². The standard InChI is InChI=1S/C14H27N3/c1-16-9-11-17(12-10-16)14(15)13-7-5-3-2-4-6-8-13/h13,15H,2-12H2,1H3. The normalized spacial score (nSPS) is 25.4. The third-order valence-electron chi connectivity index (χ3n) is 4.34. The zero-order valence-corrected chi connectivity index (χ0v) is 11.2. The van der Waals surface area contributed by atoms with E-state index < -0.39 is 0 Å². The summed E-state index contributed by atoms with van der Waals surface area (Å²) in [4.78, 5) is 4.69. The first-order chi connectivity index (χ1) is 8.27. The maximum absolute atomic E-state index is 8.42. The number of hydrogen-bond acceptors (Lipinski definition) is 2. The van der Waals surface area contributed by atoms with Gasteiger partial charge in [-0.25, -0.2) is 0 Å². The van der Waals surface area contributed by atoms with E-state index in [0.717, 1.165) is 32.0 Å². The van der Waals surface area contributed by atoms with Crippen molar-refractivity contribution in [2.45, 2.75) is 44.9 Å². The van der Waals surface area contributed by atoms with Gasteiger partial charge < -0.3 is 9.80 Å². The van der Waals surface area contributed by atoms with Crippen LogP contribution in [0, 0.1) is 11.3 Å². The molecule has 0 unspecified atom stereocenters. The Kier molecular flexibility index (Phi) is 4.84. The van der Waals surface area contributed by atoms with Gasteiger partial charge in [0.25, 0.3) is 0 Å². The van der Waals surface area contributed by atoms with Crippen LogP contribution in [-0.2, 0) is 0 Å². The van der Waals surface area contributed by atoms with E-state index in [-0.39, 0.29) is 0 Å². The molecule has 3 nitrogen and oxygen atoms in total. The molecule has 1 N–H and O–H groups in total. The number of likely N-dealkylation sites (N-methyl/N-ethyl adjacent to an activating group) is 1. The van der Waals surface area contributed by atoms with Gasteiger partial charge in [0.15, 0.2) is 0 Å². The van der Waals surface area contributed by atoms with E-state index in [2.05, 4.69) is 16.8 Å². The smallest absolute Gasteiger partial charge is 0.0990 e. The molecule has 2 fully saturated rings. The molecule has 0 aromatic carbocycles. The Bertz CT molecular complexity index is 236. The summed E-state index contributed by atoms with van der Waals surface area (Å²) in [5.74, 6) is 1.50. The van der Waals surface area contributed by atoms with Gasteiger partial charge in [0.05, 0.1) is 5.84 Å². The Balaban J connectivity index is 1.84. The van der Waals surface area contributed by atoms with Crippen molar-refractivity contribution in [2.24, 2.45) is 5.92 Å². The van der Waals surface area contributed by atoms with Crippen LogP contribution in [0.3, 0.4) is 0 Å². The maximum atomic E-state index is 8.42. The van der Waals surface area contributed by atoms with Crippen molar-refractivity contribution in [3.8, 4) is 0 Å². The molecule has 1 aliphatic carbocycles. The molecule has 0 amide bonds. The molecule has 17 heavy (non-hydrogen) atoms. The van der Waals surface area contributed by atoms with Gasteiger partial charge in [0.2, 0.25) is 0 Å². The van der Waals surface area contributed by atoms with Gasteiger partial charge in [-0.15, -0.1) is 0 Å². The molecule has 0 aromatic heterocycles. The molecule has 1 heterocycles. The first-order valence-electron chi connectivity index (χ1n) is 7.29. The fraction of sp³-hybridized carbons (Fsp3) is 0.929. The third-order valence-corrected chi connectivity index (χ3v) is 4.34. The molecule has 2 rings (SSSR count). The Morgan fingerprint density at radius 1 is 0.882 bits per heavy atom. The van der Waals surface area contributed by atoms with Gasteiger partial charge in [0, 0.05) is 32.1 Å². The summed E-state index contributed by atoms with van der Waals surface area (Å²) in [5, 5.41) is 8.42. The molecule has 2 aliphatic rings. The molecule has 3 heteroatoms. The number of nitrogens with one attached hydrogen (secondary N) is 1. The lowest BCUT2D eigenvalue weighted by Crippen LogP contribution is -2.48. The predicted octanol–water partition coefficient (Wildman–Crippen LogP) is 2.57. The topological polar surface area (TPSA) is 30.3 Å².